The van der Waals surface area contributed by atoms with Crippen molar-refractivity contribution in [1.82, 2.24) is 0 Å². The van der Waals surface area contributed by atoms with Crippen molar-refractivity contribution in [2.24, 2.45) is 5.73 Å². The summed E-state index contributed by atoms with van der Waals surface area (Å²) in [6.07, 6.45) is 0. The second-order valence-electron chi connectivity index (χ2n) is 3.88. The minimum Gasteiger partial charge on any atom is -0.491 e. The monoisotopic (exact) mass is 251 g/mol. The molecule has 0 saturated heterocycles. The van der Waals surface area contributed by atoms with Crippen molar-refractivity contribution >= 4 is 11.6 Å². The first-order chi connectivity index (χ1) is 8.15. The molecule has 3 nitrogen and oxygen atoms in total. The summed E-state index contributed by atoms with van der Waals surface area (Å²) in [6, 6.07) is 10.9. The normalized spacial score (nSPS) is 12.4. The van der Waals surface area contributed by atoms with Gasteiger partial charge in [-0.05, 0) is 48.4 Å². The largest absolute Gasteiger partial charge is 0.491 e. The Morgan fingerprint density at radius 3 is 2.82 bits per heavy atom. The fourth-order valence-electron chi connectivity index (χ4n) is 1.50. The van der Waals surface area contributed by atoms with Gasteiger partial charge in [-0.25, -0.2) is 0 Å². The van der Waals surface area contributed by atoms with Crippen molar-refractivity contribution in [3.8, 4) is 5.75 Å². The minimum atomic E-state index is -0.317. The van der Waals surface area contributed by atoms with Gasteiger partial charge in [-0.3, -0.25) is 0 Å². The number of aryl methyl sites for hydroxylation is 1. The summed E-state index contributed by atoms with van der Waals surface area (Å²) < 4.78 is 10.8. The van der Waals surface area contributed by atoms with Crippen LogP contribution in [0.2, 0.25) is 5.22 Å². The molecule has 90 valence electrons. The van der Waals surface area contributed by atoms with E-state index >= 15 is 0 Å². The second-order valence-corrected chi connectivity index (χ2v) is 4.25. The summed E-state index contributed by atoms with van der Waals surface area (Å²) in [5.41, 5.74) is 7.07. The molecule has 17 heavy (non-hydrogen) atoms. The highest BCUT2D eigenvalue weighted by Crippen LogP contribution is 2.20. The molecule has 1 unspecified atom stereocenters. The zero-order chi connectivity index (χ0) is 12.3. The number of hydrogen-bond donors (Lipinski definition) is 1. The van der Waals surface area contributed by atoms with Gasteiger partial charge in [-0.1, -0.05) is 12.1 Å². The van der Waals surface area contributed by atoms with Crippen LogP contribution in [0.3, 0.4) is 0 Å². The highest BCUT2D eigenvalue weighted by atomic mass is 35.5. The maximum Gasteiger partial charge on any atom is 0.193 e. The average Bonchev–Trinajstić information content (AvgIpc) is 2.73. The van der Waals surface area contributed by atoms with Crippen molar-refractivity contribution in [3.63, 3.8) is 0 Å². The molecule has 0 aliphatic heterocycles. The zero-order valence-electron chi connectivity index (χ0n) is 9.52. The second kappa shape index (κ2) is 5.25. The molecule has 0 amide bonds. The van der Waals surface area contributed by atoms with Gasteiger partial charge < -0.3 is 14.9 Å². The molecule has 1 aromatic heterocycles. The Morgan fingerprint density at radius 2 is 2.18 bits per heavy atom. The lowest BCUT2D eigenvalue weighted by atomic mass is 10.2. The van der Waals surface area contributed by atoms with Crippen molar-refractivity contribution in [3.05, 3.63) is 52.9 Å². The average molecular weight is 252 g/mol. The van der Waals surface area contributed by atoms with Gasteiger partial charge in [0.25, 0.3) is 0 Å². The van der Waals surface area contributed by atoms with Gasteiger partial charge in [0, 0.05) is 0 Å². The third-order valence-corrected chi connectivity index (χ3v) is 2.58. The van der Waals surface area contributed by atoms with E-state index in [0.29, 0.717) is 17.6 Å². The van der Waals surface area contributed by atoms with Crippen LogP contribution in [0.4, 0.5) is 0 Å². The Kier molecular flexibility index (Phi) is 3.71. The Bertz CT molecular complexity index is 496. The van der Waals surface area contributed by atoms with Crippen LogP contribution in [-0.2, 0) is 0 Å². The van der Waals surface area contributed by atoms with Crippen LogP contribution in [0.25, 0.3) is 0 Å². The van der Waals surface area contributed by atoms with Crippen molar-refractivity contribution in [2.75, 3.05) is 6.61 Å². The molecule has 1 aromatic carbocycles. The van der Waals surface area contributed by atoms with Gasteiger partial charge in [-0.2, -0.15) is 0 Å². The topological polar surface area (TPSA) is 48.4 Å². The smallest absolute Gasteiger partial charge is 0.193 e. The zero-order valence-corrected chi connectivity index (χ0v) is 10.3. The quantitative estimate of drug-likeness (QED) is 0.907. The lowest BCUT2D eigenvalue weighted by Crippen LogP contribution is -2.18. The van der Waals surface area contributed by atoms with Gasteiger partial charge >= 0.3 is 0 Å². The number of hydrogen-bond acceptors (Lipinski definition) is 3. The highest BCUT2D eigenvalue weighted by Gasteiger charge is 2.11. The Hall–Kier alpha value is -1.45. The van der Waals surface area contributed by atoms with E-state index in [1.165, 1.54) is 0 Å². The summed E-state index contributed by atoms with van der Waals surface area (Å²) in [5.74, 6) is 1.43. The molecule has 4 heteroatoms. The Labute approximate surface area is 105 Å². The molecule has 2 N–H and O–H groups in total. The lowest BCUT2D eigenvalue weighted by Gasteiger charge is -2.11. The van der Waals surface area contributed by atoms with E-state index in [9.17, 15) is 0 Å². The lowest BCUT2D eigenvalue weighted by molar-refractivity contribution is 0.273. The third-order valence-electron chi connectivity index (χ3n) is 2.38. The standard InChI is InChI=1S/C13H14ClNO2/c1-9-3-2-4-10(7-9)16-8-11(15)12-5-6-13(14)17-12/h2-7,11H,8,15H2,1H3. The first-order valence-corrected chi connectivity index (χ1v) is 5.73. The van der Waals surface area contributed by atoms with E-state index in [2.05, 4.69) is 0 Å². The molecule has 0 bridgehead atoms. The van der Waals surface area contributed by atoms with E-state index in [1.54, 1.807) is 12.1 Å². The SMILES string of the molecule is Cc1cccc(OCC(N)c2ccc(Cl)o2)c1. The Balaban J connectivity index is 1.94. The number of benzene rings is 1. The number of halogens is 1. The number of rotatable bonds is 4. The molecule has 1 atom stereocenters. The predicted molar refractivity (Wildman–Crippen MR) is 67.3 cm³/mol. The molecule has 0 aliphatic rings. The van der Waals surface area contributed by atoms with Crippen molar-refractivity contribution < 1.29 is 9.15 Å². The minimum absolute atomic E-state index is 0.317. The molecule has 0 radical (unpaired) electrons. The highest BCUT2D eigenvalue weighted by molar-refractivity contribution is 6.28. The van der Waals surface area contributed by atoms with E-state index in [0.717, 1.165) is 11.3 Å². The molecular weight excluding hydrogens is 238 g/mol. The molecule has 1 heterocycles. The molecule has 0 fully saturated rings. The maximum atomic E-state index is 5.92. The first kappa shape index (κ1) is 12.0. The van der Waals surface area contributed by atoms with Gasteiger partial charge in [0.2, 0.25) is 0 Å². The summed E-state index contributed by atoms with van der Waals surface area (Å²) >= 11 is 5.68. The predicted octanol–water partition coefficient (Wildman–Crippen LogP) is 3.32. The van der Waals surface area contributed by atoms with Crippen molar-refractivity contribution in [2.45, 2.75) is 13.0 Å². The van der Waals surface area contributed by atoms with Gasteiger partial charge in [0.1, 0.15) is 18.1 Å². The van der Waals surface area contributed by atoms with Crippen LogP contribution in [-0.4, -0.2) is 6.61 Å². The number of ether oxygens (including phenoxy) is 1. The van der Waals surface area contributed by atoms with Gasteiger partial charge in [-0.15, -0.1) is 0 Å². The van der Waals surface area contributed by atoms with Crippen LogP contribution in [0.1, 0.15) is 17.4 Å². The van der Waals surface area contributed by atoms with Crippen LogP contribution in [0.5, 0.6) is 5.75 Å². The molecule has 0 saturated carbocycles. The molecule has 0 spiro atoms. The maximum absolute atomic E-state index is 5.92. The first-order valence-electron chi connectivity index (χ1n) is 5.35. The molecular formula is C13H14ClNO2. The number of nitrogens with two attached hydrogens (primary N) is 1. The van der Waals surface area contributed by atoms with Crippen LogP contribution >= 0.6 is 11.6 Å². The van der Waals surface area contributed by atoms with E-state index in [4.69, 9.17) is 26.5 Å². The summed E-state index contributed by atoms with van der Waals surface area (Å²) in [4.78, 5) is 0. The van der Waals surface area contributed by atoms with Crippen LogP contribution in [0, 0.1) is 6.92 Å². The fraction of sp³-hybridized carbons (Fsp3) is 0.231. The van der Waals surface area contributed by atoms with Crippen LogP contribution in [0.15, 0.2) is 40.8 Å². The third kappa shape index (κ3) is 3.25. The summed E-state index contributed by atoms with van der Waals surface area (Å²) in [6.45, 7) is 2.37. The fourth-order valence-corrected chi connectivity index (χ4v) is 1.65. The van der Waals surface area contributed by atoms with Crippen LogP contribution < -0.4 is 10.5 Å². The van der Waals surface area contributed by atoms with Gasteiger partial charge in [0.05, 0.1) is 6.04 Å². The molecule has 2 aromatic rings. The van der Waals surface area contributed by atoms with E-state index < -0.39 is 0 Å². The Morgan fingerprint density at radius 1 is 1.35 bits per heavy atom. The molecule has 2 rings (SSSR count). The summed E-state index contributed by atoms with van der Waals surface area (Å²) in [5, 5.41) is 0.339. The van der Waals surface area contributed by atoms with Crippen molar-refractivity contribution in [1.29, 1.82) is 0 Å². The van der Waals surface area contributed by atoms with E-state index in [-0.39, 0.29) is 6.04 Å². The van der Waals surface area contributed by atoms with Gasteiger partial charge in [0.15, 0.2) is 5.22 Å². The number of furan rings is 1. The summed E-state index contributed by atoms with van der Waals surface area (Å²) in [7, 11) is 0. The molecule has 0 aliphatic carbocycles. The van der Waals surface area contributed by atoms with E-state index in [1.807, 2.05) is 31.2 Å².